The van der Waals surface area contributed by atoms with Crippen molar-refractivity contribution in [1.82, 2.24) is 20.2 Å². The van der Waals surface area contributed by atoms with E-state index in [2.05, 4.69) is 37.7 Å². The van der Waals surface area contributed by atoms with E-state index in [0.717, 1.165) is 38.7 Å². The highest BCUT2D eigenvalue weighted by Crippen LogP contribution is 2.17. The summed E-state index contributed by atoms with van der Waals surface area (Å²) in [6.45, 7) is 2.80. The molecule has 1 atom stereocenters. The van der Waals surface area contributed by atoms with Gasteiger partial charge in [0.2, 0.25) is 0 Å². The number of rotatable bonds is 4. The molecular formula is C15H18N4O2S. The first-order valence-electron chi connectivity index (χ1n) is 7.30. The van der Waals surface area contributed by atoms with Gasteiger partial charge in [-0.15, -0.1) is 11.3 Å². The lowest BCUT2D eigenvalue weighted by Crippen LogP contribution is -2.47. The van der Waals surface area contributed by atoms with Gasteiger partial charge in [0.15, 0.2) is 0 Å². The second-order valence-corrected chi connectivity index (χ2v) is 6.47. The first-order valence-corrected chi connectivity index (χ1v) is 8.18. The Morgan fingerprint density at radius 1 is 1.50 bits per heavy atom. The van der Waals surface area contributed by atoms with E-state index in [-0.39, 0.29) is 23.2 Å². The number of likely N-dealkylation sites (tertiary alicyclic amines) is 1. The molecule has 0 saturated carbocycles. The fraction of sp³-hybridized carbons (Fsp3) is 0.400. The molecule has 116 valence electrons. The van der Waals surface area contributed by atoms with Crippen LogP contribution in [0.5, 0.6) is 0 Å². The van der Waals surface area contributed by atoms with Crippen molar-refractivity contribution in [3.8, 4) is 0 Å². The molecular weight excluding hydrogens is 300 g/mol. The number of aromatic amines is 1. The standard InChI is InChI=1S/C15H18N4O2S/c20-14-8-16-7-13(18-14)15(21)17-11-3-1-5-19(9-11)10-12-4-2-6-22-12/h2,4,6-8,11H,1,3,5,9-10H2,(H,17,21)(H,18,20). The van der Waals surface area contributed by atoms with Crippen LogP contribution in [0.1, 0.15) is 28.2 Å². The Kier molecular flexibility index (Phi) is 4.65. The third-order valence-corrected chi connectivity index (χ3v) is 4.56. The topological polar surface area (TPSA) is 78.1 Å². The molecule has 0 spiro atoms. The predicted molar refractivity (Wildman–Crippen MR) is 84.9 cm³/mol. The number of aromatic nitrogens is 2. The highest BCUT2D eigenvalue weighted by molar-refractivity contribution is 7.09. The summed E-state index contributed by atoms with van der Waals surface area (Å²) >= 11 is 1.75. The third-order valence-electron chi connectivity index (χ3n) is 3.70. The molecule has 1 saturated heterocycles. The van der Waals surface area contributed by atoms with Crippen molar-refractivity contribution in [3.63, 3.8) is 0 Å². The maximum Gasteiger partial charge on any atom is 0.269 e. The summed E-state index contributed by atoms with van der Waals surface area (Å²) in [7, 11) is 0. The van der Waals surface area contributed by atoms with Gasteiger partial charge in [-0.25, -0.2) is 0 Å². The molecule has 7 heteroatoms. The van der Waals surface area contributed by atoms with Crippen LogP contribution >= 0.6 is 11.3 Å². The SMILES string of the molecule is O=C(NC1CCCN(Cc2cccs2)C1)c1cncc(=O)[nH]1. The van der Waals surface area contributed by atoms with Gasteiger partial charge in [-0.2, -0.15) is 0 Å². The molecule has 22 heavy (non-hydrogen) atoms. The van der Waals surface area contributed by atoms with Gasteiger partial charge in [-0.1, -0.05) is 6.07 Å². The molecule has 6 nitrogen and oxygen atoms in total. The van der Waals surface area contributed by atoms with Crippen molar-refractivity contribution >= 4 is 17.2 Å². The molecule has 0 radical (unpaired) electrons. The largest absolute Gasteiger partial charge is 0.347 e. The number of amides is 1. The van der Waals surface area contributed by atoms with Crippen LogP contribution in [0.25, 0.3) is 0 Å². The summed E-state index contributed by atoms with van der Waals surface area (Å²) in [5.41, 5.74) is -0.154. The predicted octanol–water partition coefficient (Wildman–Crippen LogP) is 1.23. The lowest BCUT2D eigenvalue weighted by Gasteiger charge is -2.32. The number of thiophene rings is 1. The molecule has 2 aromatic rings. The molecule has 2 aromatic heterocycles. The number of hydrogen-bond acceptors (Lipinski definition) is 5. The summed E-state index contributed by atoms with van der Waals surface area (Å²) in [4.78, 5) is 33.3. The smallest absolute Gasteiger partial charge is 0.269 e. The summed E-state index contributed by atoms with van der Waals surface area (Å²) in [5, 5.41) is 5.07. The molecule has 1 aliphatic heterocycles. The van der Waals surface area contributed by atoms with E-state index in [1.54, 1.807) is 11.3 Å². The highest BCUT2D eigenvalue weighted by atomic mass is 32.1. The lowest BCUT2D eigenvalue weighted by molar-refractivity contribution is 0.0895. The molecule has 1 aliphatic rings. The minimum Gasteiger partial charge on any atom is -0.347 e. The fourth-order valence-electron chi connectivity index (χ4n) is 2.70. The van der Waals surface area contributed by atoms with Gasteiger partial charge in [-0.05, 0) is 30.8 Å². The number of piperidine rings is 1. The Morgan fingerprint density at radius 2 is 2.41 bits per heavy atom. The Morgan fingerprint density at radius 3 is 3.18 bits per heavy atom. The molecule has 0 aromatic carbocycles. The number of nitrogens with zero attached hydrogens (tertiary/aromatic N) is 2. The van der Waals surface area contributed by atoms with Crippen LogP contribution in [0, 0.1) is 0 Å². The fourth-order valence-corrected chi connectivity index (χ4v) is 3.44. The Labute approximate surface area is 132 Å². The van der Waals surface area contributed by atoms with E-state index >= 15 is 0 Å². The van der Waals surface area contributed by atoms with E-state index in [1.165, 1.54) is 11.1 Å². The molecule has 1 amide bonds. The van der Waals surface area contributed by atoms with Crippen LogP contribution in [-0.4, -0.2) is 39.9 Å². The van der Waals surface area contributed by atoms with Gasteiger partial charge < -0.3 is 10.3 Å². The van der Waals surface area contributed by atoms with Crippen LogP contribution in [-0.2, 0) is 6.54 Å². The normalized spacial score (nSPS) is 19.0. The van der Waals surface area contributed by atoms with Crippen molar-refractivity contribution in [2.75, 3.05) is 13.1 Å². The van der Waals surface area contributed by atoms with Crippen LogP contribution in [0.3, 0.4) is 0 Å². The average molecular weight is 318 g/mol. The van der Waals surface area contributed by atoms with E-state index in [9.17, 15) is 9.59 Å². The van der Waals surface area contributed by atoms with Crippen molar-refractivity contribution in [3.05, 3.63) is 50.8 Å². The molecule has 2 N–H and O–H groups in total. The van der Waals surface area contributed by atoms with Gasteiger partial charge in [-0.3, -0.25) is 19.5 Å². The van der Waals surface area contributed by atoms with Crippen molar-refractivity contribution in [2.24, 2.45) is 0 Å². The van der Waals surface area contributed by atoms with Crippen LogP contribution < -0.4 is 10.9 Å². The van der Waals surface area contributed by atoms with Gasteiger partial charge in [0.25, 0.3) is 11.5 Å². The molecule has 3 heterocycles. The van der Waals surface area contributed by atoms with Crippen molar-refractivity contribution in [2.45, 2.75) is 25.4 Å². The van der Waals surface area contributed by atoms with Crippen LogP contribution in [0.15, 0.2) is 34.7 Å². The number of nitrogens with one attached hydrogen (secondary N) is 2. The highest BCUT2D eigenvalue weighted by Gasteiger charge is 2.22. The molecule has 1 unspecified atom stereocenters. The van der Waals surface area contributed by atoms with Gasteiger partial charge >= 0.3 is 0 Å². The maximum atomic E-state index is 12.2. The third kappa shape index (κ3) is 3.80. The average Bonchev–Trinajstić information content (AvgIpc) is 3.00. The molecule has 0 bridgehead atoms. The van der Waals surface area contributed by atoms with E-state index in [0.29, 0.717) is 0 Å². The second-order valence-electron chi connectivity index (χ2n) is 5.44. The maximum absolute atomic E-state index is 12.2. The van der Waals surface area contributed by atoms with Gasteiger partial charge in [0.1, 0.15) is 5.69 Å². The minimum atomic E-state index is -0.365. The summed E-state index contributed by atoms with van der Waals surface area (Å²) in [5.74, 6) is -0.270. The molecule has 0 aliphatic carbocycles. The van der Waals surface area contributed by atoms with Crippen LogP contribution in [0.4, 0.5) is 0 Å². The number of hydrogen-bond donors (Lipinski definition) is 2. The Balaban J connectivity index is 1.58. The van der Waals surface area contributed by atoms with Gasteiger partial charge in [0, 0.05) is 24.0 Å². The zero-order valence-corrected chi connectivity index (χ0v) is 12.9. The minimum absolute atomic E-state index is 0.102. The summed E-state index contributed by atoms with van der Waals surface area (Å²) in [6.07, 6.45) is 4.54. The first-order chi connectivity index (χ1) is 10.7. The lowest BCUT2D eigenvalue weighted by atomic mass is 10.1. The summed E-state index contributed by atoms with van der Waals surface area (Å²) < 4.78 is 0. The quantitative estimate of drug-likeness (QED) is 0.889. The molecule has 3 rings (SSSR count). The second kappa shape index (κ2) is 6.85. The number of carbonyl (C=O) groups is 1. The number of carbonyl (C=O) groups excluding carboxylic acids is 1. The van der Waals surface area contributed by atoms with E-state index in [4.69, 9.17) is 0 Å². The van der Waals surface area contributed by atoms with E-state index < -0.39 is 0 Å². The van der Waals surface area contributed by atoms with Gasteiger partial charge in [0.05, 0.1) is 12.4 Å². The molecule has 1 fully saturated rings. The van der Waals surface area contributed by atoms with Crippen LogP contribution in [0.2, 0.25) is 0 Å². The Hall–Kier alpha value is -1.99. The Bertz CT molecular complexity index is 683. The van der Waals surface area contributed by atoms with E-state index in [1.807, 2.05) is 0 Å². The zero-order chi connectivity index (χ0) is 15.4. The van der Waals surface area contributed by atoms with Crippen molar-refractivity contribution in [1.29, 1.82) is 0 Å². The zero-order valence-electron chi connectivity index (χ0n) is 12.1. The summed E-state index contributed by atoms with van der Waals surface area (Å²) in [6, 6.07) is 4.29. The monoisotopic (exact) mass is 318 g/mol. The number of H-pyrrole nitrogens is 1. The van der Waals surface area contributed by atoms with Crippen molar-refractivity contribution < 1.29 is 4.79 Å². The first kappa shape index (κ1) is 14.9.